The molecular formula is C11H23N3O6S. The second-order valence-corrected chi connectivity index (χ2v) is 6.44. The van der Waals surface area contributed by atoms with Gasteiger partial charge >= 0.3 is 0 Å². The van der Waals surface area contributed by atoms with Crippen LogP contribution in [0.4, 0.5) is 0 Å². The van der Waals surface area contributed by atoms with Crippen molar-refractivity contribution in [3.8, 4) is 0 Å². The van der Waals surface area contributed by atoms with Crippen LogP contribution in [0, 0.1) is 5.92 Å². The van der Waals surface area contributed by atoms with Crippen LogP contribution in [0.1, 0.15) is 20.3 Å². The number of aliphatic hydroxyl groups excluding tert-OH is 1. The zero-order valence-electron chi connectivity index (χ0n) is 12.1. The smallest absolute Gasteiger partial charge is 0.264 e. The molecule has 9 nitrogen and oxygen atoms in total. The molecule has 0 saturated heterocycles. The number of carbonyl (C=O) groups excluding carboxylic acids is 2. The standard InChI is InChI=1S/C11H23N3O6S/c1-8(2)10(14-13-9(6-15)7-16)11(17)12-4-3-5-21(18,19)20/h6,8-10,13-14,16H,3-5,7H2,1-2H3,(H,12,17)(H,18,19,20)/t9-,10+/m1/s1. The van der Waals surface area contributed by atoms with Gasteiger partial charge in [-0.1, -0.05) is 13.8 Å². The van der Waals surface area contributed by atoms with Gasteiger partial charge in [-0.25, -0.2) is 10.9 Å². The summed E-state index contributed by atoms with van der Waals surface area (Å²) < 4.78 is 29.6. The third-order valence-electron chi connectivity index (χ3n) is 2.61. The van der Waals surface area contributed by atoms with Crippen molar-refractivity contribution >= 4 is 22.3 Å². The van der Waals surface area contributed by atoms with E-state index in [-0.39, 0.29) is 24.8 Å². The first-order chi connectivity index (χ1) is 9.71. The van der Waals surface area contributed by atoms with E-state index in [0.29, 0.717) is 6.29 Å². The Morgan fingerprint density at radius 2 is 1.90 bits per heavy atom. The van der Waals surface area contributed by atoms with E-state index in [1.54, 1.807) is 13.8 Å². The zero-order chi connectivity index (χ0) is 16.5. The number of aldehydes is 1. The van der Waals surface area contributed by atoms with Gasteiger partial charge in [-0.2, -0.15) is 8.42 Å². The molecule has 124 valence electrons. The van der Waals surface area contributed by atoms with Crippen molar-refractivity contribution in [3.63, 3.8) is 0 Å². The lowest BCUT2D eigenvalue weighted by molar-refractivity contribution is -0.125. The molecule has 0 spiro atoms. The number of carbonyl (C=O) groups is 2. The van der Waals surface area contributed by atoms with E-state index in [4.69, 9.17) is 9.66 Å². The molecule has 0 unspecified atom stereocenters. The minimum atomic E-state index is -4.03. The summed E-state index contributed by atoms with van der Waals surface area (Å²) in [7, 11) is -4.03. The van der Waals surface area contributed by atoms with Gasteiger partial charge < -0.3 is 15.2 Å². The van der Waals surface area contributed by atoms with Gasteiger partial charge in [-0.3, -0.25) is 9.35 Å². The van der Waals surface area contributed by atoms with Gasteiger partial charge in [0.05, 0.1) is 18.4 Å². The predicted molar refractivity (Wildman–Crippen MR) is 75.9 cm³/mol. The molecule has 0 aromatic carbocycles. The fourth-order valence-corrected chi connectivity index (χ4v) is 1.94. The molecule has 2 atom stereocenters. The normalized spacial score (nSPS) is 14.7. The Labute approximate surface area is 124 Å². The van der Waals surface area contributed by atoms with Crippen LogP contribution in [0.3, 0.4) is 0 Å². The van der Waals surface area contributed by atoms with Gasteiger partial charge in [-0.15, -0.1) is 0 Å². The topological polar surface area (TPSA) is 145 Å². The molecule has 0 aliphatic rings. The van der Waals surface area contributed by atoms with Crippen LogP contribution < -0.4 is 16.2 Å². The Bertz CT molecular complexity index is 426. The fourth-order valence-electron chi connectivity index (χ4n) is 1.43. The molecule has 21 heavy (non-hydrogen) atoms. The molecule has 0 heterocycles. The Morgan fingerprint density at radius 1 is 1.29 bits per heavy atom. The molecule has 5 N–H and O–H groups in total. The molecule has 0 aliphatic carbocycles. The third kappa shape index (κ3) is 9.47. The van der Waals surface area contributed by atoms with Gasteiger partial charge in [0.2, 0.25) is 5.91 Å². The first kappa shape index (κ1) is 19.9. The van der Waals surface area contributed by atoms with Crippen molar-refractivity contribution in [1.82, 2.24) is 16.2 Å². The van der Waals surface area contributed by atoms with Gasteiger partial charge in [0.25, 0.3) is 10.1 Å². The highest BCUT2D eigenvalue weighted by atomic mass is 32.2. The van der Waals surface area contributed by atoms with Crippen molar-refractivity contribution in [2.75, 3.05) is 18.9 Å². The van der Waals surface area contributed by atoms with Crippen LogP contribution in [-0.2, 0) is 19.7 Å². The van der Waals surface area contributed by atoms with Crippen LogP contribution in [0.5, 0.6) is 0 Å². The van der Waals surface area contributed by atoms with Gasteiger partial charge in [0.15, 0.2) is 0 Å². The maximum atomic E-state index is 11.9. The molecule has 1 amide bonds. The molecule has 0 fully saturated rings. The SMILES string of the molecule is CC(C)[C@H](NN[C@H](C=O)CO)C(=O)NCCCS(=O)(=O)O. The minimum Gasteiger partial charge on any atom is -0.394 e. The molecule has 0 bridgehead atoms. The lowest BCUT2D eigenvalue weighted by atomic mass is 10.0. The summed E-state index contributed by atoms with van der Waals surface area (Å²) in [6.07, 6.45) is 0.602. The highest BCUT2D eigenvalue weighted by Crippen LogP contribution is 2.01. The van der Waals surface area contributed by atoms with Crippen molar-refractivity contribution in [3.05, 3.63) is 0 Å². The van der Waals surface area contributed by atoms with Crippen LogP contribution >= 0.6 is 0 Å². The van der Waals surface area contributed by atoms with Crippen LogP contribution in [0.15, 0.2) is 0 Å². The number of hydrogen-bond acceptors (Lipinski definition) is 7. The maximum Gasteiger partial charge on any atom is 0.264 e. The summed E-state index contributed by atoms with van der Waals surface area (Å²) in [5.74, 6) is -0.913. The molecule has 0 aromatic rings. The Hall–Kier alpha value is -1.07. The van der Waals surface area contributed by atoms with E-state index in [9.17, 15) is 18.0 Å². The Balaban J connectivity index is 4.27. The van der Waals surface area contributed by atoms with Gasteiger partial charge in [0, 0.05) is 6.54 Å². The first-order valence-electron chi connectivity index (χ1n) is 6.51. The summed E-state index contributed by atoms with van der Waals surface area (Å²) in [6.45, 7) is 3.26. The van der Waals surface area contributed by atoms with Gasteiger partial charge in [-0.05, 0) is 12.3 Å². The van der Waals surface area contributed by atoms with E-state index >= 15 is 0 Å². The van der Waals surface area contributed by atoms with Crippen molar-refractivity contribution in [2.24, 2.45) is 5.92 Å². The summed E-state index contributed by atoms with van der Waals surface area (Å²) in [5, 5.41) is 11.4. The van der Waals surface area contributed by atoms with E-state index < -0.39 is 34.6 Å². The monoisotopic (exact) mass is 325 g/mol. The van der Waals surface area contributed by atoms with Crippen LogP contribution in [-0.4, -0.2) is 61.3 Å². The number of amides is 1. The third-order valence-corrected chi connectivity index (χ3v) is 3.42. The predicted octanol–water partition coefficient (Wildman–Crippen LogP) is -1.94. The molecule has 0 aliphatic heterocycles. The van der Waals surface area contributed by atoms with Crippen molar-refractivity contribution in [1.29, 1.82) is 0 Å². The molecular weight excluding hydrogens is 302 g/mol. The average Bonchev–Trinajstić information content (AvgIpc) is 2.38. The zero-order valence-corrected chi connectivity index (χ0v) is 12.9. The number of aliphatic hydroxyl groups is 1. The van der Waals surface area contributed by atoms with Crippen molar-refractivity contribution in [2.45, 2.75) is 32.4 Å². The van der Waals surface area contributed by atoms with Crippen LogP contribution in [0.25, 0.3) is 0 Å². The van der Waals surface area contributed by atoms with Crippen molar-refractivity contribution < 1.29 is 27.7 Å². The lowest BCUT2D eigenvalue weighted by Crippen LogP contribution is -2.56. The maximum absolute atomic E-state index is 11.9. The number of rotatable bonds is 11. The van der Waals surface area contributed by atoms with E-state index in [1.165, 1.54) is 0 Å². The minimum absolute atomic E-state index is 0.0937. The highest BCUT2D eigenvalue weighted by molar-refractivity contribution is 7.85. The molecule has 10 heteroatoms. The summed E-state index contributed by atoms with van der Waals surface area (Å²) in [4.78, 5) is 22.5. The van der Waals surface area contributed by atoms with Gasteiger partial charge in [0.1, 0.15) is 12.3 Å². The summed E-state index contributed by atoms with van der Waals surface area (Å²) >= 11 is 0. The molecule has 0 radical (unpaired) electrons. The number of hydrogen-bond donors (Lipinski definition) is 5. The average molecular weight is 325 g/mol. The fraction of sp³-hybridized carbons (Fsp3) is 0.818. The summed E-state index contributed by atoms with van der Waals surface area (Å²) in [6, 6.07) is -1.48. The second-order valence-electron chi connectivity index (χ2n) is 4.87. The summed E-state index contributed by atoms with van der Waals surface area (Å²) in [5.41, 5.74) is 5.19. The second kappa shape index (κ2) is 9.79. The highest BCUT2D eigenvalue weighted by Gasteiger charge is 2.22. The largest absolute Gasteiger partial charge is 0.394 e. The quantitative estimate of drug-likeness (QED) is 0.128. The lowest BCUT2D eigenvalue weighted by Gasteiger charge is -2.23. The first-order valence-corrected chi connectivity index (χ1v) is 8.12. The van der Waals surface area contributed by atoms with Crippen LogP contribution in [0.2, 0.25) is 0 Å². The molecule has 0 saturated carbocycles. The molecule has 0 rings (SSSR count). The Kier molecular flexibility index (Phi) is 9.29. The Morgan fingerprint density at radius 3 is 2.33 bits per heavy atom. The van der Waals surface area contributed by atoms with E-state index in [0.717, 1.165) is 0 Å². The number of nitrogens with one attached hydrogen (secondary N) is 3. The van der Waals surface area contributed by atoms with E-state index in [1.807, 2.05) is 0 Å². The molecule has 0 aromatic heterocycles. The van der Waals surface area contributed by atoms with E-state index in [2.05, 4.69) is 16.2 Å². The number of hydrazine groups is 1.